The maximum Gasteiger partial charge on any atom is 0.101 e. The quantitative estimate of drug-likeness (QED) is 0.755. The minimum Gasteiger partial charge on any atom is -0.378 e. The number of anilines is 1. The average molecular weight is 355 g/mol. The number of nitrogens with zero attached hydrogens (tertiary/aromatic N) is 2. The van der Waals surface area contributed by atoms with E-state index in [-0.39, 0.29) is 5.60 Å². The van der Waals surface area contributed by atoms with E-state index in [1.807, 2.05) is 6.07 Å². The molecule has 4 heteroatoms. The molecule has 4 rings (SSSR count). The molecule has 2 aromatic carbocycles. The summed E-state index contributed by atoms with van der Waals surface area (Å²) in [6.07, 6.45) is 4.53. The Labute approximate surface area is 154 Å². The molecular weight excluding hydrogens is 332 g/mol. The zero-order chi connectivity index (χ0) is 17.6. The number of piperidine rings is 1. The first kappa shape index (κ1) is 16.7. The lowest BCUT2D eigenvalue weighted by molar-refractivity contribution is -0.0132. The zero-order valence-electron chi connectivity index (χ0n) is 14.8. The van der Waals surface area contributed by atoms with Gasteiger partial charge in [0.05, 0.1) is 16.2 Å². The van der Waals surface area contributed by atoms with Gasteiger partial charge in [0, 0.05) is 36.7 Å². The Hall–Kier alpha value is -1.76. The highest BCUT2D eigenvalue weighted by molar-refractivity contribution is 6.33. The summed E-state index contributed by atoms with van der Waals surface area (Å²) < 4.78 is 5.67. The smallest absolute Gasteiger partial charge is 0.101 e. The molecule has 2 fully saturated rings. The van der Waals surface area contributed by atoms with Crippen LogP contribution in [0.2, 0.25) is 5.02 Å². The van der Waals surface area contributed by atoms with Crippen molar-refractivity contribution in [3.63, 3.8) is 0 Å². The van der Waals surface area contributed by atoms with E-state index >= 15 is 0 Å². The number of ether oxygens (including phenoxy) is 1. The van der Waals surface area contributed by atoms with Crippen LogP contribution in [0.25, 0.3) is 10.8 Å². The second-order valence-electron chi connectivity index (χ2n) is 7.58. The molecule has 3 nitrogen and oxygen atoms in total. The monoisotopic (exact) mass is 354 g/mol. The largest absolute Gasteiger partial charge is 0.378 e. The molecule has 0 N–H and O–H groups in total. The summed E-state index contributed by atoms with van der Waals surface area (Å²) in [5.41, 5.74) is 3.09. The minimum atomic E-state index is -0.0398. The summed E-state index contributed by atoms with van der Waals surface area (Å²) in [7, 11) is 1.80. The van der Waals surface area contributed by atoms with E-state index in [0.717, 1.165) is 42.4 Å². The number of methoxy groups -OCH3 is 1. The van der Waals surface area contributed by atoms with Crippen molar-refractivity contribution in [1.82, 2.24) is 0 Å². The van der Waals surface area contributed by atoms with Crippen LogP contribution in [0.4, 0.5) is 5.69 Å². The van der Waals surface area contributed by atoms with Crippen molar-refractivity contribution < 1.29 is 4.74 Å². The molecule has 0 unspecified atom stereocenters. The summed E-state index contributed by atoms with van der Waals surface area (Å²) in [5.74, 6) is 0.691. The molecule has 1 aliphatic heterocycles. The molecule has 1 aliphatic carbocycles. The van der Waals surface area contributed by atoms with Crippen molar-refractivity contribution in [2.45, 2.75) is 44.1 Å². The van der Waals surface area contributed by atoms with Crippen LogP contribution in [-0.4, -0.2) is 25.8 Å². The Morgan fingerprint density at radius 3 is 2.52 bits per heavy atom. The van der Waals surface area contributed by atoms with Gasteiger partial charge in [0.25, 0.3) is 0 Å². The number of nitriles is 1. The van der Waals surface area contributed by atoms with Gasteiger partial charge in [0.1, 0.15) is 6.07 Å². The standard InChI is InChI=1S/C21H23ClN2O/c1-21(25-2)7-9-24(10-8-21)20-12-19(22)18(13-23)16-6-5-15(11-17(16)20)14-3-4-14/h5-6,11-12,14H,3-4,7-10H2,1-2H3. The highest BCUT2D eigenvalue weighted by Crippen LogP contribution is 2.44. The van der Waals surface area contributed by atoms with Crippen LogP contribution in [0.15, 0.2) is 24.3 Å². The zero-order valence-corrected chi connectivity index (χ0v) is 15.6. The van der Waals surface area contributed by atoms with Gasteiger partial charge in [-0.3, -0.25) is 0 Å². The first-order valence-electron chi connectivity index (χ1n) is 9.01. The predicted molar refractivity (Wildman–Crippen MR) is 103 cm³/mol. The van der Waals surface area contributed by atoms with Crippen LogP contribution in [0.5, 0.6) is 0 Å². The van der Waals surface area contributed by atoms with Crippen LogP contribution in [-0.2, 0) is 4.74 Å². The molecule has 1 heterocycles. The lowest BCUT2D eigenvalue weighted by Gasteiger charge is -2.40. The maximum atomic E-state index is 9.54. The van der Waals surface area contributed by atoms with Gasteiger partial charge < -0.3 is 9.64 Å². The van der Waals surface area contributed by atoms with Crippen molar-refractivity contribution >= 4 is 28.1 Å². The van der Waals surface area contributed by atoms with Crippen LogP contribution in [0.1, 0.15) is 49.7 Å². The van der Waals surface area contributed by atoms with E-state index in [4.69, 9.17) is 16.3 Å². The summed E-state index contributed by atoms with van der Waals surface area (Å²) in [6.45, 7) is 4.06. The summed E-state index contributed by atoms with van der Waals surface area (Å²) >= 11 is 6.45. The van der Waals surface area contributed by atoms with Gasteiger partial charge in [0.2, 0.25) is 0 Å². The number of benzene rings is 2. The van der Waals surface area contributed by atoms with Gasteiger partial charge in [-0.05, 0) is 56.2 Å². The predicted octanol–water partition coefficient (Wildman–Crippen LogP) is 5.25. The normalized spacial score (nSPS) is 19.8. The van der Waals surface area contributed by atoms with Gasteiger partial charge in [0.15, 0.2) is 0 Å². The van der Waals surface area contributed by atoms with E-state index in [1.54, 1.807) is 7.11 Å². The molecule has 2 aromatic rings. The molecule has 0 atom stereocenters. The molecule has 0 aromatic heterocycles. The summed E-state index contributed by atoms with van der Waals surface area (Å²) in [5, 5.41) is 12.2. The van der Waals surface area contributed by atoms with Crippen molar-refractivity contribution in [3.05, 3.63) is 40.4 Å². The third kappa shape index (κ3) is 2.99. The third-order valence-corrected chi connectivity index (χ3v) is 6.20. The van der Waals surface area contributed by atoms with Gasteiger partial charge in [-0.1, -0.05) is 23.7 Å². The number of rotatable bonds is 3. The molecule has 0 spiro atoms. The van der Waals surface area contributed by atoms with E-state index in [2.05, 4.69) is 36.1 Å². The summed E-state index contributed by atoms with van der Waals surface area (Å²) in [6, 6.07) is 10.8. The fourth-order valence-corrected chi connectivity index (χ4v) is 4.11. The van der Waals surface area contributed by atoms with Gasteiger partial charge in [-0.15, -0.1) is 0 Å². The molecular formula is C21H23ClN2O. The van der Waals surface area contributed by atoms with Crippen LogP contribution in [0.3, 0.4) is 0 Å². The molecule has 2 aliphatic rings. The lowest BCUT2D eigenvalue weighted by atomic mass is 9.92. The lowest BCUT2D eigenvalue weighted by Crippen LogP contribution is -2.43. The van der Waals surface area contributed by atoms with Gasteiger partial charge in [-0.25, -0.2) is 0 Å². The number of halogens is 1. The molecule has 0 bridgehead atoms. The van der Waals surface area contributed by atoms with Gasteiger partial charge >= 0.3 is 0 Å². The molecule has 0 radical (unpaired) electrons. The third-order valence-electron chi connectivity index (χ3n) is 5.91. The van der Waals surface area contributed by atoms with E-state index in [9.17, 15) is 5.26 Å². The fraction of sp³-hybridized carbons (Fsp3) is 0.476. The van der Waals surface area contributed by atoms with Gasteiger partial charge in [-0.2, -0.15) is 5.26 Å². The first-order chi connectivity index (χ1) is 12.0. The second-order valence-corrected chi connectivity index (χ2v) is 7.99. The Balaban J connectivity index is 1.80. The Morgan fingerprint density at radius 1 is 1.20 bits per heavy atom. The highest BCUT2D eigenvalue weighted by atomic mass is 35.5. The minimum absolute atomic E-state index is 0.0398. The molecule has 130 valence electrons. The SMILES string of the molecule is COC1(C)CCN(c2cc(Cl)c(C#N)c3ccc(C4CC4)cc23)CC1. The number of hydrogen-bond acceptors (Lipinski definition) is 3. The first-order valence-corrected chi connectivity index (χ1v) is 9.39. The Bertz CT molecular complexity index is 858. The Morgan fingerprint density at radius 2 is 1.92 bits per heavy atom. The van der Waals surface area contributed by atoms with E-state index in [0.29, 0.717) is 16.5 Å². The molecule has 1 saturated heterocycles. The van der Waals surface area contributed by atoms with Crippen molar-refractivity contribution in [1.29, 1.82) is 5.26 Å². The molecule has 0 amide bonds. The molecule has 25 heavy (non-hydrogen) atoms. The summed E-state index contributed by atoms with van der Waals surface area (Å²) in [4.78, 5) is 2.40. The van der Waals surface area contributed by atoms with Crippen molar-refractivity contribution in [3.8, 4) is 6.07 Å². The number of fused-ring (bicyclic) bond motifs is 1. The molecule has 1 saturated carbocycles. The fourth-order valence-electron chi connectivity index (χ4n) is 3.86. The topological polar surface area (TPSA) is 36.3 Å². The second kappa shape index (κ2) is 6.20. The van der Waals surface area contributed by atoms with Crippen LogP contribution in [0, 0.1) is 11.3 Å². The van der Waals surface area contributed by atoms with E-state index < -0.39 is 0 Å². The van der Waals surface area contributed by atoms with E-state index in [1.165, 1.54) is 18.4 Å². The highest BCUT2D eigenvalue weighted by Gasteiger charge is 2.31. The van der Waals surface area contributed by atoms with Crippen molar-refractivity contribution in [2.75, 3.05) is 25.1 Å². The van der Waals surface area contributed by atoms with Crippen molar-refractivity contribution in [2.24, 2.45) is 0 Å². The van der Waals surface area contributed by atoms with Crippen LogP contribution < -0.4 is 4.90 Å². The van der Waals surface area contributed by atoms with Crippen LogP contribution >= 0.6 is 11.6 Å². The average Bonchev–Trinajstić information content (AvgIpc) is 3.47. The maximum absolute atomic E-state index is 9.54. The number of hydrogen-bond donors (Lipinski definition) is 0. The Kier molecular flexibility index (Phi) is 4.14.